The predicted molar refractivity (Wildman–Crippen MR) is 80.1 cm³/mol. The minimum atomic E-state index is -0.433. The summed E-state index contributed by atoms with van der Waals surface area (Å²) in [6, 6.07) is 6.40. The molecule has 0 aliphatic carbocycles. The fourth-order valence-corrected chi connectivity index (χ4v) is 2.97. The largest absolute Gasteiger partial charge is 0.465 e. The topological polar surface area (TPSA) is 76.2 Å². The van der Waals surface area contributed by atoms with Crippen LogP contribution in [0.1, 0.15) is 27.1 Å². The molecule has 2 aliphatic rings. The molecule has 1 atom stereocenters. The first-order valence-corrected chi connectivity index (χ1v) is 7.51. The van der Waals surface area contributed by atoms with Gasteiger partial charge in [-0.1, -0.05) is 0 Å². The van der Waals surface area contributed by atoms with Gasteiger partial charge >= 0.3 is 12.1 Å². The zero-order chi connectivity index (χ0) is 16.4. The number of nitrogens with zero attached hydrogens (tertiary/aromatic N) is 2. The van der Waals surface area contributed by atoms with Crippen LogP contribution in [0.5, 0.6) is 0 Å². The van der Waals surface area contributed by atoms with Crippen LogP contribution in [0.2, 0.25) is 0 Å². The number of hydrogen-bond acceptors (Lipinski definition) is 5. The number of cyclic esters (lactones) is 1. The molecule has 122 valence electrons. The standard InChI is InChI=1S/C16H18N2O5/c1-22-15(20)12-4-2-11(3-5-12)14(19)17-7-6-13(10-17)18-8-9-23-16(18)21/h2-5,13H,6-10H2,1H3. The van der Waals surface area contributed by atoms with Crippen molar-refractivity contribution in [3.63, 3.8) is 0 Å². The maximum Gasteiger partial charge on any atom is 0.410 e. The first kappa shape index (κ1) is 15.3. The fraction of sp³-hybridized carbons (Fsp3) is 0.438. The third kappa shape index (κ3) is 2.99. The van der Waals surface area contributed by atoms with Crippen LogP contribution in [-0.2, 0) is 9.47 Å². The van der Waals surface area contributed by atoms with E-state index in [0.717, 1.165) is 6.42 Å². The van der Waals surface area contributed by atoms with E-state index in [9.17, 15) is 14.4 Å². The van der Waals surface area contributed by atoms with Crippen molar-refractivity contribution in [3.8, 4) is 0 Å². The van der Waals surface area contributed by atoms with Gasteiger partial charge in [-0.15, -0.1) is 0 Å². The van der Waals surface area contributed by atoms with E-state index in [0.29, 0.717) is 37.4 Å². The van der Waals surface area contributed by atoms with Gasteiger partial charge in [-0.2, -0.15) is 0 Å². The van der Waals surface area contributed by atoms with Crippen LogP contribution in [0, 0.1) is 0 Å². The first-order chi connectivity index (χ1) is 11.1. The highest BCUT2D eigenvalue weighted by atomic mass is 16.6. The maximum absolute atomic E-state index is 12.5. The van der Waals surface area contributed by atoms with Gasteiger partial charge in [0.25, 0.3) is 5.91 Å². The number of esters is 1. The average molecular weight is 318 g/mol. The summed E-state index contributed by atoms with van der Waals surface area (Å²) in [5, 5.41) is 0. The lowest BCUT2D eigenvalue weighted by Gasteiger charge is -2.22. The zero-order valence-electron chi connectivity index (χ0n) is 12.9. The number of hydrogen-bond donors (Lipinski definition) is 0. The average Bonchev–Trinajstić information content (AvgIpc) is 3.22. The SMILES string of the molecule is COC(=O)c1ccc(C(=O)N2CCC(N3CCOC3=O)C2)cc1. The Morgan fingerprint density at radius 1 is 1.17 bits per heavy atom. The third-order valence-corrected chi connectivity index (χ3v) is 4.24. The highest BCUT2D eigenvalue weighted by molar-refractivity contribution is 5.96. The minimum absolute atomic E-state index is 0.0169. The molecule has 0 bridgehead atoms. The van der Waals surface area contributed by atoms with E-state index in [4.69, 9.17) is 4.74 Å². The van der Waals surface area contributed by atoms with Crippen LogP contribution >= 0.6 is 0 Å². The summed E-state index contributed by atoms with van der Waals surface area (Å²) in [4.78, 5) is 38.9. The Balaban J connectivity index is 1.64. The summed E-state index contributed by atoms with van der Waals surface area (Å²) in [6.07, 6.45) is 0.452. The van der Waals surface area contributed by atoms with E-state index < -0.39 is 5.97 Å². The summed E-state index contributed by atoms with van der Waals surface area (Å²) in [5.74, 6) is -0.533. The minimum Gasteiger partial charge on any atom is -0.465 e. The van der Waals surface area contributed by atoms with E-state index in [-0.39, 0.29) is 18.0 Å². The Kier molecular flexibility index (Phi) is 4.18. The van der Waals surface area contributed by atoms with E-state index in [1.54, 1.807) is 34.1 Å². The van der Waals surface area contributed by atoms with Crippen molar-refractivity contribution in [2.24, 2.45) is 0 Å². The zero-order valence-corrected chi connectivity index (χ0v) is 12.9. The van der Waals surface area contributed by atoms with Crippen LogP contribution in [0.15, 0.2) is 24.3 Å². The van der Waals surface area contributed by atoms with Crippen molar-refractivity contribution in [2.75, 3.05) is 33.4 Å². The first-order valence-electron chi connectivity index (χ1n) is 7.51. The van der Waals surface area contributed by atoms with Crippen molar-refractivity contribution in [1.29, 1.82) is 0 Å². The molecule has 1 unspecified atom stereocenters. The van der Waals surface area contributed by atoms with Gasteiger partial charge < -0.3 is 14.4 Å². The lowest BCUT2D eigenvalue weighted by molar-refractivity contribution is 0.0600. The van der Waals surface area contributed by atoms with Crippen LogP contribution < -0.4 is 0 Å². The van der Waals surface area contributed by atoms with Crippen molar-refractivity contribution < 1.29 is 23.9 Å². The molecule has 1 aromatic carbocycles. The summed E-state index contributed by atoms with van der Waals surface area (Å²) in [7, 11) is 1.31. The number of amides is 2. The van der Waals surface area contributed by atoms with E-state index in [1.807, 2.05) is 0 Å². The monoisotopic (exact) mass is 318 g/mol. The fourth-order valence-electron chi connectivity index (χ4n) is 2.97. The number of carbonyl (C=O) groups excluding carboxylic acids is 3. The second-order valence-corrected chi connectivity index (χ2v) is 5.57. The number of ether oxygens (including phenoxy) is 2. The van der Waals surface area contributed by atoms with Crippen molar-refractivity contribution in [1.82, 2.24) is 9.80 Å². The van der Waals surface area contributed by atoms with Crippen molar-refractivity contribution in [3.05, 3.63) is 35.4 Å². The molecule has 0 N–H and O–H groups in total. The summed E-state index contributed by atoms with van der Waals surface area (Å²) in [5.41, 5.74) is 0.922. The van der Waals surface area contributed by atoms with Gasteiger partial charge in [-0.3, -0.25) is 9.69 Å². The van der Waals surface area contributed by atoms with E-state index in [2.05, 4.69) is 4.74 Å². The summed E-state index contributed by atoms with van der Waals surface area (Å²) < 4.78 is 9.58. The van der Waals surface area contributed by atoms with Gasteiger partial charge in [-0.05, 0) is 30.7 Å². The van der Waals surface area contributed by atoms with Gasteiger partial charge in [0.15, 0.2) is 0 Å². The smallest absolute Gasteiger partial charge is 0.410 e. The molecule has 1 aromatic rings. The normalized spacial score (nSPS) is 20.6. The summed E-state index contributed by atoms with van der Waals surface area (Å²) >= 11 is 0. The Bertz CT molecular complexity index is 628. The molecule has 2 heterocycles. The molecule has 0 aromatic heterocycles. The molecular formula is C16H18N2O5. The lowest BCUT2D eigenvalue weighted by atomic mass is 10.1. The molecule has 3 rings (SSSR count). The van der Waals surface area contributed by atoms with Crippen molar-refractivity contribution in [2.45, 2.75) is 12.5 Å². The molecule has 0 saturated carbocycles. The number of rotatable bonds is 3. The molecule has 0 spiro atoms. The number of methoxy groups -OCH3 is 1. The Morgan fingerprint density at radius 3 is 2.48 bits per heavy atom. The summed E-state index contributed by atoms with van der Waals surface area (Å²) in [6.45, 7) is 2.11. The second-order valence-electron chi connectivity index (χ2n) is 5.57. The van der Waals surface area contributed by atoms with Crippen molar-refractivity contribution >= 4 is 18.0 Å². The quantitative estimate of drug-likeness (QED) is 0.781. The third-order valence-electron chi connectivity index (χ3n) is 4.24. The number of likely N-dealkylation sites (tertiary alicyclic amines) is 1. The molecule has 2 saturated heterocycles. The molecule has 0 radical (unpaired) electrons. The van der Waals surface area contributed by atoms with E-state index in [1.165, 1.54) is 7.11 Å². The highest BCUT2D eigenvalue weighted by Gasteiger charge is 2.36. The van der Waals surface area contributed by atoms with Gasteiger partial charge in [0, 0.05) is 18.7 Å². The Morgan fingerprint density at radius 2 is 1.87 bits per heavy atom. The number of carbonyl (C=O) groups is 3. The molecule has 2 amide bonds. The highest BCUT2D eigenvalue weighted by Crippen LogP contribution is 2.21. The van der Waals surface area contributed by atoms with Crippen LogP contribution in [0.4, 0.5) is 4.79 Å². The molecule has 23 heavy (non-hydrogen) atoms. The maximum atomic E-state index is 12.5. The molecule has 2 fully saturated rings. The lowest BCUT2D eigenvalue weighted by Crippen LogP contribution is -2.39. The van der Waals surface area contributed by atoms with Crippen LogP contribution in [0.3, 0.4) is 0 Å². The number of benzene rings is 1. The molecule has 2 aliphatic heterocycles. The van der Waals surface area contributed by atoms with Crippen LogP contribution in [-0.4, -0.2) is 67.2 Å². The predicted octanol–water partition coefficient (Wildman–Crippen LogP) is 1.14. The van der Waals surface area contributed by atoms with Gasteiger partial charge in [0.2, 0.25) is 0 Å². The molecule has 7 nitrogen and oxygen atoms in total. The van der Waals surface area contributed by atoms with Gasteiger partial charge in [0.05, 0.1) is 25.3 Å². The Labute approximate surface area is 133 Å². The second kappa shape index (κ2) is 6.28. The van der Waals surface area contributed by atoms with E-state index >= 15 is 0 Å². The van der Waals surface area contributed by atoms with Crippen LogP contribution in [0.25, 0.3) is 0 Å². The Hall–Kier alpha value is -2.57. The van der Waals surface area contributed by atoms with Gasteiger partial charge in [0.1, 0.15) is 6.61 Å². The van der Waals surface area contributed by atoms with Gasteiger partial charge in [-0.25, -0.2) is 9.59 Å². The molecular weight excluding hydrogens is 300 g/mol. The molecule has 7 heteroatoms.